The minimum atomic E-state index is -3.58. The summed E-state index contributed by atoms with van der Waals surface area (Å²) < 4.78 is 30.1. The van der Waals surface area contributed by atoms with Gasteiger partial charge in [-0.05, 0) is 55.9 Å². The topological polar surface area (TPSA) is 69.6 Å². The van der Waals surface area contributed by atoms with Gasteiger partial charge in [0.1, 0.15) is 0 Å². The Balaban J connectivity index is 2.22. The predicted octanol–water partition coefficient (Wildman–Crippen LogP) is 2.43. The fourth-order valence-electron chi connectivity index (χ4n) is 2.66. The van der Waals surface area contributed by atoms with Crippen LogP contribution in [0.5, 0.6) is 0 Å². The minimum Gasteiger partial charge on any atom is -0.396 e. The Kier molecular flexibility index (Phi) is 5.29. The average molecular weight is 377 g/mol. The molecule has 1 fully saturated rings. The molecule has 1 aliphatic rings. The van der Waals surface area contributed by atoms with Crippen molar-refractivity contribution < 1.29 is 13.5 Å². The number of aliphatic hydroxyl groups is 1. The summed E-state index contributed by atoms with van der Waals surface area (Å²) >= 11 is 3.41. The standard InChI is InChI=1S/C14H21BrN2O3S/c1-10-6-13(15)7-11(2)14(10)16-21(19,20)17-5-3-4-12(8-17)9-18/h6-7,12,16,18H,3-5,8-9H2,1-2H3. The number of hydrogen-bond donors (Lipinski definition) is 2. The van der Waals surface area contributed by atoms with E-state index in [1.807, 2.05) is 26.0 Å². The minimum absolute atomic E-state index is 0.0300. The first-order chi connectivity index (χ1) is 9.83. The van der Waals surface area contributed by atoms with E-state index in [1.165, 1.54) is 4.31 Å². The molecule has 1 aliphatic heterocycles. The van der Waals surface area contributed by atoms with Crippen molar-refractivity contribution >= 4 is 31.8 Å². The van der Waals surface area contributed by atoms with Gasteiger partial charge in [-0.3, -0.25) is 4.72 Å². The zero-order valence-electron chi connectivity index (χ0n) is 12.3. The molecule has 1 atom stereocenters. The summed E-state index contributed by atoms with van der Waals surface area (Å²) in [7, 11) is -3.58. The van der Waals surface area contributed by atoms with Gasteiger partial charge in [-0.1, -0.05) is 15.9 Å². The number of aryl methyl sites for hydroxylation is 2. The molecule has 0 radical (unpaired) electrons. The highest BCUT2D eigenvalue weighted by molar-refractivity contribution is 9.10. The Hall–Kier alpha value is -0.630. The Morgan fingerprint density at radius 3 is 2.57 bits per heavy atom. The zero-order valence-corrected chi connectivity index (χ0v) is 14.7. The normalized spacial score (nSPS) is 20.5. The molecule has 5 nitrogen and oxygen atoms in total. The van der Waals surface area contributed by atoms with Crippen LogP contribution < -0.4 is 4.72 Å². The van der Waals surface area contributed by atoms with E-state index in [2.05, 4.69) is 20.7 Å². The molecule has 21 heavy (non-hydrogen) atoms. The van der Waals surface area contributed by atoms with Crippen LogP contribution in [0.2, 0.25) is 0 Å². The molecule has 1 aromatic carbocycles. The van der Waals surface area contributed by atoms with Crippen LogP contribution in [0, 0.1) is 19.8 Å². The molecule has 1 saturated heterocycles. The largest absolute Gasteiger partial charge is 0.396 e. The molecule has 0 bridgehead atoms. The number of anilines is 1. The fourth-order valence-corrected chi connectivity index (χ4v) is 4.83. The van der Waals surface area contributed by atoms with Crippen molar-refractivity contribution in [2.45, 2.75) is 26.7 Å². The SMILES string of the molecule is Cc1cc(Br)cc(C)c1NS(=O)(=O)N1CCCC(CO)C1. The highest BCUT2D eigenvalue weighted by Gasteiger charge is 2.29. The lowest BCUT2D eigenvalue weighted by Crippen LogP contribution is -2.43. The number of halogens is 1. The summed E-state index contributed by atoms with van der Waals surface area (Å²) in [6.45, 7) is 4.66. The second kappa shape index (κ2) is 6.64. The van der Waals surface area contributed by atoms with E-state index in [4.69, 9.17) is 0 Å². The van der Waals surface area contributed by atoms with Gasteiger partial charge < -0.3 is 5.11 Å². The van der Waals surface area contributed by atoms with Gasteiger partial charge >= 0.3 is 10.2 Å². The van der Waals surface area contributed by atoms with Crippen molar-refractivity contribution in [3.63, 3.8) is 0 Å². The van der Waals surface area contributed by atoms with E-state index in [-0.39, 0.29) is 12.5 Å². The molecular weight excluding hydrogens is 356 g/mol. The number of piperidine rings is 1. The quantitative estimate of drug-likeness (QED) is 0.847. The maximum atomic E-state index is 12.5. The first-order valence-electron chi connectivity index (χ1n) is 6.99. The summed E-state index contributed by atoms with van der Waals surface area (Å²) in [5, 5.41) is 9.24. The molecule has 118 valence electrons. The molecule has 0 saturated carbocycles. The van der Waals surface area contributed by atoms with Gasteiger partial charge in [-0.2, -0.15) is 12.7 Å². The molecular formula is C14H21BrN2O3S. The van der Waals surface area contributed by atoms with Crippen molar-refractivity contribution in [1.29, 1.82) is 0 Å². The van der Waals surface area contributed by atoms with Gasteiger partial charge in [0.25, 0.3) is 0 Å². The van der Waals surface area contributed by atoms with Crippen LogP contribution in [-0.4, -0.2) is 37.5 Å². The molecule has 7 heteroatoms. The molecule has 2 rings (SSSR count). The van der Waals surface area contributed by atoms with E-state index in [1.54, 1.807) is 0 Å². The lowest BCUT2D eigenvalue weighted by molar-refractivity contribution is 0.166. The van der Waals surface area contributed by atoms with Gasteiger partial charge in [-0.15, -0.1) is 0 Å². The molecule has 2 N–H and O–H groups in total. The monoisotopic (exact) mass is 376 g/mol. The smallest absolute Gasteiger partial charge is 0.301 e. The molecule has 1 aromatic rings. The summed E-state index contributed by atoms with van der Waals surface area (Å²) in [6.07, 6.45) is 1.66. The summed E-state index contributed by atoms with van der Waals surface area (Å²) in [5.41, 5.74) is 2.38. The molecule has 0 aliphatic carbocycles. The van der Waals surface area contributed by atoms with E-state index >= 15 is 0 Å². The number of nitrogens with zero attached hydrogens (tertiary/aromatic N) is 1. The van der Waals surface area contributed by atoms with Crippen LogP contribution in [0.1, 0.15) is 24.0 Å². The van der Waals surface area contributed by atoms with Crippen molar-refractivity contribution in [2.75, 3.05) is 24.4 Å². The van der Waals surface area contributed by atoms with Crippen LogP contribution in [0.15, 0.2) is 16.6 Å². The van der Waals surface area contributed by atoms with Crippen LogP contribution >= 0.6 is 15.9 Å². The summed E-state index contributed by atoms with van der Waals surface area (Å²) in [6, 6.07) is 3.77. The number of rotatable bonds is 4. The van der Waals surface area contributed by atoms with E-state index in [0.717, 1.165) is 28.4 Å². The number of benzene rings is 1. The van der Waals surface area contributed by atoms with E-state index < -0.39 is 10.2 Å². The Labute approximate surface area is 134 Å². The molecule has 1 heterocycles. The summed E-state index contributed by atoms with van der Waals surface area (Å²) in [5.74, 6) is 0.0300. The second-order valence-corrected chi connectivity index (χ2v) is 8.16. The second-order valence-electron chi connectivity index (χ2n) is 5.57. The highest BCUT2D eigenvalue weighted by atomic mass is 79.9. The molecule has 1 unspecified atom stereocenters. The van der Waals surface area contributed by atoms with Gasteiger partial charge in [0.15, 0.2) is 0 Å². The first kappa shape index (κ1) is 16.7. The van der Waals surface area contributed by atoms with Gasteiger partial charge in [-0.25, -0.2) is 0 Å². The number of nitrogens with one attached hydrogen (secondary N) is 1. The van der Waals surface area contributed by atoms with Crippen LogP contribution in [0.4, 0.5) is 5.69 Å². The van der Waals surface area contributed by atoms with Crippen molar-refractivity contribution in [3.8, 4) is 0 Å². The molecule has 0 aromatic heterocycles. The first-order valence-corrected chi connectivity index (χ1v) is 9.22. The third-order valence-electron chi connectivity index (χ3n) is 3.81. The van der Waals surface area contributed by atoms with Crippen molar-refractivity contribution in [1.82, 2.24) is 4.31 Å². The average Bonchev–Trinajstić information content (AvgIpc) is 2.43. The zero-order chi connectivity index (χ0) is 15.6. The van der Waals surface area contributed by atoms with Crippen molar-refractivity contribution in [3.05, 3.63) is 27.7 Å². The Bertz CT molecular complexity index is 596. The maximum absolute atomic E-state index is 12.5. The molecule has 0 amide bonds. The third kappa shape index (κ3) is 3.97. The lowest BCUT2D eigenvalue weighted by atomic mass is 10.0. The third-order valence-corrected chi connectivity index (χ3v) is 5.74. The highest BCUT2D eigenvalue weighted by Crippen LogP contribution is 2.27. The van der Waals surface area contributed by atoms with Crippen LogP contribution in [0.3, 0.4) is 0 Å². The number of hydrogen-bond acceptors (Lipinski definition) is 3. The van der Waals surface area contributed by atoms with Crippen LogP contribution in [0.25, 0.3) is 0 Å². The summed E-state index contributed by atoms with van der Waals surface area (Å²) in [4.78, 5) is 0. The number of aliphatic hydroxyl groups excluding tert-OH is 1. The van der Waals surface area contributed by atoms with Gasteiger partial charge in [0.2, 0.25) is 0 Å². The van der Waals surface area contributed by atoms with E-state index in [0.29, 0.717) is 18.8 Å². The van der Waals surface area contributed by atoms with Gasteiger partial charge in [0.05, 0.1) is 5.69 Å². The Morgan fingerprint density at radius 1 is 1.38 bits per heavy atom. The predicted molar refractivity (Wildman–Crippen MR) is 87.5 cm³/mol. The lowest BCUT2D eigenvalue weighted by Gasteiger charge is -2.31. The van der Waals surface area contributed by atoms with E-state index in [9.17, 15) is 13.5 Å². The van der Waals surface area contributed by atoms with Crippen LogP contribution in [-0.2, 0) is 10.2 Å². The maximum Gasteiger partial charge on any atom is 0.301 e. The van der Waals surface area contributed by atoms with Crippen molar-refractivity contribution in [2.24, 2.45) is 5.92 Å². The fraction of sp³-hybridized carbons (Fsp3) is 0.571. The molecule has 0 spiro atoms. The van der Waals surface area contributed by atoms with Gasteiger partial charge in [0, 0.05) is 24.2 Å². The Morgan fingerprint density at radius 2 is 2.00 bits per heavy atom.